The minimum atomic E-state index is -4.54. The van der Waals surface area contributed by atoms with Crippen LogP contribution in [0.5, 0.6) is 5.75 Å². The fraction of sp³-hybridized carbons (Fsp3) is 0.333. The van der Waals surface area contributed by atoms with Gasteiger partial charge in [-0.2, -0.15) is 18.3 Å². The van der Waals surface area contributed by atoms with Crippen molar-refractivity contribution >= 4 is 11.6 Å². The van der Waals surface area contributed by atoms with Crippen molar-refractivity contribution in [2.75, 3.05) is 18.6 Å². The highest BCUT2D eigenvalue weighted by Crippen LogP contribution is 2.32. The summed E-state index contributed by atoms with van der Waals surface area (Å²) < 4.78 is 45.2. The van der Waals surface area contributed by atoms with Crippen LogP contribution < -0.4 is 9.64 Å². The van der Waals surface area contributed by atoms with Gasteiger partial charge in [0.2, 0.25) is 0 Å². The van der Waals surface area contributed by atoms with Crippen molar-refractivity contribution in [2.24, 2.45) is 0 Å². The first-order valence-electron chi connectivity index (χ1n) is 6.84. The maximum Gasteiger partial charge on any atom is 0.406 e. The Balaban J connectivity index is 2.40. The third-order valence-electron chi connectivity index (χ3n) is 3.26. The zero-order chi connectivity index (χ0) is 17.0. The van der Waals surface area contributed by atoms with Gasteiger partial charge in [0.1, 0.15) is 18.3 Å². The summed E-state index contributed by atoms with van der Waals surface area (Å²) in [5.41, 5.74) is 0.0660. The summed E-state index contributed by atoms with van der Waals surface area (Å²) >= 11 is 0. The summed E-state index contributed by atoms with van der Waals surface area (Å²) in [5, 5.41) is 3.91. The second kappa shape index (κ2) is 6.72. The first kappa shape index (κ1) is 16.9. The number of carbonyl (C=O) groups excluding carboxylic acids is 1. The van der Waals surface area contributed by atoms with E-state index in [-0.39, 0.29) is 11.4 Å². The number of rotatable bonds is 5. The molecule has 1 aromatic heterocycles. The summed E-state index contributed by atoms with van der Waals surface area (Å²) in [5.74, 6) is -0.534. The van der Waals surface area contributed by atoms with Crippen LogP contribution in [-0.2, 0) is 4.79 Å². The van der Waals surface area contributed by atoms with Crippen LogP contribution in [0.4, 0.5) is 18.9 Å². The molecule has 1 atom stereocenters. The molecule has 124 valence electrons. The molecular formula is C15H16F3N3O2. The highest BCUT2D eigenvalue weighted by molar-refractivity contribution is 5.97. The molecule has 0 spiro atoms. The van der Waals surface area contributed by atoms with Crippen molar-refractivity contribution in [3.05, 3.63) is 42.7 Å². The van der Waals surface area contributed by atoms with Crippen molar-refractivity contribution < 1.29 is 22.7 Å². The maximum absolute atomic E-state index is 12.9. The van der Waals surface area contributed by atoms with Gasteiger partial charge in [-0.1, -0.05) is 12.1 Å². The second-order valence-corrected chi connectivity index (χ2v) is 4.87. The van der Waals surface area contributed by atoms with Gasteiger partial charge in [0.05, 0.1) is 12.8 Å². The first-order chi connectivity index (χ1) is 10.8. The van der Waals surface area contributed by atoms with Crippen LogP contribution >= 0.6 is 0 Å². The van der Waals surface area contributed by atoms with Gasteiger partial charge in [-0.25, -0.2) is 0 Å². The van der Waals surface area contributed by atoms with E-state index in [0.717, 1.165) is 0 Å². The van der Waals surface area contributed by atoms with E-state index in [0.29, 0.717) is 4.90 Å². The molecule has 2 rings (SSSR count). The predicted octanol–water partition coefficient (Wildman–Crippen LogP) is 3.05. The Hall–Kier alpha value is -2.51. The Morgan fingerprint density at radius 2 is 2.04 bits per heavy atom. The van der Waals surface area contributed by atoms with Gasteiger partial charge in [-0.05, 0) is 25.1 Å². The second-order valence-electron chi connectivity index (χ2n) is 4.87. The van der Waals surface area contributed by atoms with Gasteiger partial charge in [0.15, 0.2) is 0 Å². The number of methoxy groups -OCH3 is 1. The summed E-state index contributed by atoms with van der Waals surface area (Å²) in [6, 6.07) is 6.81. The van der Waals surface area contributed by atoms with Crippen LogP contribution in [0.25, 0.3) is 0 Å². The lowest BCUT2D eigenvalue weighted by molar-refractivity contribution is -0.134. The highest BCUT2D eigenvalue weighted by atomic mass is 19.4. The quantitative estimate of drug-likeness (QED) is 0.848. The van der Waals surface area contributed by atoms with Crippen molar-refractivity contribution in [3.8, 4) is 5.75 Å². The van der Waals surface area contributed by atoms with Crippen LogP contribution in [0.15, 0.2) is 42.7 Å². The van der Waals surface area contributed by atoms with Gasteiger partial charge < -0.3 is 4.74 Å². The van der Waals surface area contributed by atoms with Crippen LogP contribution in [0, 0.1) is 0 Å². The molecule has 0 aliphatic heterocycles. The third kappa shape index (κ3) is 4.02. The molecule has 1 amide bonds. The van der Waals surface area contributed by atoms with Crippen molar-refractivity contribution in [2.45, 2.75) is 19.1 Å². The molecule has 0 saturated carbocycles. The number of aromatic nitrogens is 2. The zero-order valence-corrected chi connectivity index (χ0v) is 12.6. The van der Waals surface area contributed by atoms with Crippen LogP contribution in [0.1, 0.15) is 13.0 Å². The molecule has 0 bridgehead atoms. The number of alkyl halides is 3. The molecule has 0 radical (unpaired) electrons. The van der Waals surface area contributed by atoms with Crippen LogP contribution in [-0.4, -0.2) is 35.5 Å². The van der Waals surface area contributed by atoms with Gasteiger partial charge >= 0.3 is 6.18 Å². The van der Waals surface area contributed by atoms with Gasteiger partial charge in [0.25, 0.3) is 5.91 Å². The minimum absolute atomic E-state index is 0.0660. The number of para-hydroxylation sites is 2. The van der Waals surface area contributed by atoms with E-state index in [1.54, 1.807) is 18.2 Å². The molecule has 0 saturated heterocycles. The summed E-state index contributed by atoms with van der Waals surface area (Å²) in [7, 11) is 1.34. The Bertz CT molecular complexity index is 656. The number of nitrogens with zero attached hydrogens (tertiary/aromatic N) is 3. The van der Waals surface area contributed by atoms with E-state index in [1.807, 2.05) is 0 Å². The number of carbonyl (C=O) groups is 1. The normalized spacial score (nSPS) is 12.7. The molecule has 0 aliphatic carbocycles. The van der Waals surface area contributed by atoms with Crippen LogP contribution in [0.3, 0.4) is 0 Å². The van der Waals surface area contributed by atoms with Gasteiger partial charge in [0, 0.05) is 12.4 Å². The van der Waals surface area contributed by atoms with E-state index in [4.69, 9.17) is 4.74 Å². The highest BCUT2D eigenvalue weighted by Gasteiger charge is 2.36. The SMILES string of the molecule is COc1ccccc1N(CC(F)(F)F)C(=O)C(C)n1cccn1. The smallest absolute Gasteiger partial charge is 0.406 e. The first-order valence-corrected chi connectivity index (χ1v) is 6.84. The molecule has 0 aliphatic rings. The lowest BCUT2D eigenvalue weighted by Gasteiger charge is -2.28. The molecule has 1 unspecified atom stereocenters. The summed E-state index contributed by atoms with van der Waals surface area (Å²) in [6.45, 7) is 0.0892. The fourth-order valence-electron chi connectivity index (χ4n) is 2.16. The van der Waals surface area contributed by atoms with E-state index in [9.17, 15) is 18.0 Å². The van der Waals surface area contributed by atoms with E-state index >= 15 is 0 Å². The number of hydrogen-bond donors (Lipinski definition) is 0. The molecule has 1 heterocycles. The molecule has 1 aromatic carbocycles. The molecule has 23 heavy (non-hydrogen) atoms. The van der Waals surface area contributed by atoms with Crippen molar-refractivity contribution in [1.29, 1.82) is 0 Å². The van der Waals surface area contributed by atoms with Gasteiger partial charge in [-0.3, -0.25) is 14.4 Å². The molecule has 2 aromatic rings. The Kier molecular flexibility index (Phi) is 4.92. The van der Waals surface area contributed by atoms with Crippen LogP contribution in [0.2, 0.25) is 0 Å². The Labute approximate surface area is 131 Å². The molecule has 0 N–H and O–H groups in total. The fourth-order valence-corrected chi connectivity index (χ4v) is 2.16. The number of ether oxygens (including phenoxy) is 1. The maximum atomic E-state index is 12.9. The summed E-state index contributed by atoms with van der Waals surface area (Å²) in [6.07, 6.45) is -1.56. The summed E-state index contributed by atoms with van der Waals surface area (Å²) in [4.78, 5) is 13.3. The Morgan fingerprint density at radius 1 is 1.35 bits per heavy atom. The predicted molar refractivity (Wildman–Crippen MR) is 78.3 cm³/mol. The van der Waals surface area contributed by atoms with Gasteiger partial charge in [-0.15, -0.1) is 0 Å². The molecule has 8 heteroatoms. The standard InChI is InChI=1S/C15H16F3N3O2/c1-11(21-9-5-8-19-21)14(22)20(10-15(16,17)18)12-6-3-4-7-13(12)23-2/h3-9,11H,10H2,1-2H3. The van der Waals surface area contributed by atoms with Crippen molar-refractivity contribution in [1.82, 2.24) is 9.78 Å². The Morgan fingerprint density at radius 3 is 2.61 bits per heavy atom. The average Bonchev–Trinajstić information content (AvgIpc) is 3.04. The van der Waals surface area contributed by atoms with E-state index < -0.39 is 24.7 Å². The third-order valence-corrected chi connectivity index (χ3v) is 3.26. The van der Waals surface area contributed by atoms with Crippen molar-refractivity contribution in [3.63, 3.8) is 0 Å². The lowest BCUT2D eigenvalue weighted by atomic mass is 10.2. The largest absolute Gasteiger partial charge is 0.495 e. The number of halogens is 3. The van der Waals surface area contributed by atoms with E-state index in [2.05, 4.69) is 5.10 Å². The number of benzene rings is 1. The zero-order valence-electron chi connectivity index (χ0n) is 12.6. The number of hydrogen-bond acceptors (Lipinski definition) is 3. The average molecular weight is 327 g/mol. The number of anilines is 1. The van der Waals surface area contributed by atoms with E-state index in [1.165, 1.54) is 43.2 Å². The number of amides is 1. The molecular weight excluding hydrogens is 311 g/mol. The molecule has 5 nitrogen and oxygen atoms in total. The minimum Gasteiger partial charge on any atom is -0.495 e. The lowest BCUT2D eigenvalue weighted by Crippen LogP contribution is -2.42. The monoisotopic (exact) mass is 327 g/mol. The topological polar surface area (TPSA) is 47.4 Å². The molecule has 0 fully saturated rings.